The third kappa shape index (κ3) is 1.13. The summed E-state index contributed by atoms with van der Waals surface area (Å²) in [7, 11) is 0. The fraction of sp³-hybridized carbons (Fsp3) is 0.900. The molecule has 0 saturated heterocycles. The fourth-order valence-corrected chi connectivity index (χ4v) is 2.31. The maximum Gasteiger partial charge on any atom is 0.140 e. The summed E-state index contributed by atoms with van der Waals surface area (Å²) < 4.78 is 0. The van der Waals surface area contributed by atoms with Crippen molar-refractivity contribution in [2.75, 3.05) is 0 Å². The van der Waals surface area contributed by atoms with E-state index in [1.54, 1.807) is 0 Å². The van der Waals surface area contributed by atoms with Gasteiger partial charge in [-0.1, -0.05) is 12.1 Å². The summed E-state index contributed by atoms with van der Waals surface area (Å²) in [4.78, 5) is 5.42. The summed E-state index contributed by atoms with van der Waals surface area (Å²) in [6, 6.07) is 0. The molecule has 2 unspecified atom stereocenters. The molecule has 0 radical (unpaired) electrons. The van der Waals surface area contributed by atoms with Gasteiger partial charge < -0.3 is 4.84 Å². The highest BCUT2D eigenvalue weighted by atomic mass is 16.7. The first-order valence-corrected chi connectivity index (χ1v) is 4.84. The molecule has 12 heavy (non-hydrogen) atoms. The number of rotatable bonds is 0. The average Bonchev–Trinajstić information content (AvgIpc) is 2.27. The molecule has 2 aliphatic rings. The van der Waals surface area contributed by atoms with E-state index in [1.807, 2.05) is 0 Å². The lowest BCUT2D eigenvalue weighted by atomic mass is 9.75. The van der Waals surface area contributed by atoms with Gasteiger partial charge >= 0.3 is 0 Å². The molecular formula is C10H17NO. The molecule has 0 aromatic rings. The van der Waals surface area contributed by atoms with Crippen LogP contribution in [-0.4, -0.2) is 11.3 Å². The number of hydrogen-bond donors (Lipinski definition) is 0. The van der Waals surface area contributed by atoms with Crippen molar-refractivity contribution < 1.29 is 4.84 Å². The van der Waals surface area contributed by atoms with Gasteiger partial charge in [0.2, 0.25) is 0 Å². The Kier molecular flexibility index (Phi) is 1.67. The molecule has 0 bridgehead atoms. The average molecular weight is 167 g/mol. The van der Waals surface area contributed by atoms with Crippen LogP contribution in [0, 0.1) is 11.8 Å². The normalized spacial score (nSPS) is 38.4. The molecular weight excluding hydrogens is 150 g/mol. The van der Waals surface area contributed by atoms with Crippen LogP contribution in [0.1, 0.15) is 40.0 Å². The second kappa shape index (κ2) is 2.48. The van der Waals surface area contributed by atoms with Gasteiger partial charge in [-0.25, -0.2) is 0 Å². The van der Waals surface area contributed by atoms with Gasteiger partial charge in [-0.2, -0.15) is 0 Å². The molecule has 1 aliphatic carbocycles. The molecule has 2 atom stereocenters. The molecule has 68 valence electrons. The van der Waals surface area contributed by atoms with Crippen molar-refractivity contribution >= 4 is 5.71 Å². The van der Waals surface area contributed by atoms with Gasteiger partial charge in [0.05, 0.1) is 5.71 Å². The zero-order valence-electron chi connectivity index (χ0n) is 8.13. The number of oxime groups is 1. The summed E-state index contributed by atoms with van der Waals surface area (Å²) in [6.45, 7) is 6.58. The lowest BCUT2D eigenvalue weighted by Crippen LogP contribution is -2.35. The highest BCUT2D eigenvalue weighted by Gasteiger charge is 2.43. The molecule has 1 aliphatic heterocycles. The van der Waals surface area contributed by atoms with Crippen LogP contribution in [0.5, 0.6) is 0 Å². The van der Waals surface area contributed by atoms with E-state index in [2.05, 4.69) is 25.9 Å². The Balaban J connectivity index is 2.15. The van der Waals surface area contributed by atoms with Crippen molar-refractivity contribution in [3.8, 4) is 0 Å². The Hall–Kier alpha value is -0.530. The lowest BCUT2D eigenvalue weighted by molar-refractivity contribution is -0.0174. The maximum atomic E-state index is 5.42. The van der Waals surface area contributed by atoms with E-state index in [1.165, 1.54) is 18.6 Å². The van der Waals surface area contributed by atoms with Gasteiger partial charge in [-0.05, 0) is 39.0 Å². The second-order valence-corrected chi connectivity index (χ2v) is 4.72. The van der Waals surface area contributed by atoms with Crippen LogP contribution in [0.15, 0.2) is 5.16 Å². The fourth-order valence-electron chi connectivity index (χ4n) is 2.31. The van der Waals surface area contributed by atoms with Crippen LogP contribution in [0.3, 0.4) is 0 Å². The minimum atomic E-state index is -0.0323. The van der Waals surface area contributed by atoms with Crippen LogP contribution in [0.2, 0.25) is 0 Å². The third-order valence-corrected chi connectivity index (χ3v) is 3.15. The molecule has 0 spiro atoms. The smallest absolute Gasteiger partial charge is 0.140 e. The molecule has 2 rings (SSSR count). The van der Waals surface area contributed by atoms with E-state index in [9.17, 15) is 0 Å². The first-order chi connectivity index (χ1) is 5.59. The standard InChI is InChI=1S/C10H17NO/c1-7-4-5-8-9(6-7)11-12-10(8,2)3/h7-8H,4-6H2,1-3H3. The van der Waals surface area contributed by atoms with Gasteiger partial charge in [-0.15, -0.1) is 0 Å². The molecule has 1 heterocycles. The van der Waals surface area contributed by atoms with Gasteiger partial charge in [0.15, 0.2) is 0 Å². The molecule has 0 aromatic carbocycles. The largest absolute Gasteiger partial charge is 0.389 e. The molecule has 0 N–H and O–H groups in total. The van der Waals surface area contributed by atoms with Gasteiger partial charge in [0.25, 0.3) is 0 Å². The summed E-state index contributed by atoms with van der Waals surface area (Å²) in [5.74, 6) is 1.39. The molecule has 1 saturated carbocycles. The zero-order valence-corrected chi connectivity index (χ0v) is 8.13. The van der Waals surface area contributed by atoms with Gasteiger partial charge in [0.1, 0.15) is 5.60 Å². The highest BCUT2D eigenvalue weighted by Crippen LogP contribution is 2.39. The Bertz CT molecular complexity index is 220. The van der Waals surface area contributed by atoms with Gasteiger partial charge in [-0.3, -0.25) is 0 Å². The lowest BCUT2D eigenvalue weighted by Gasteiger charge is -2.30. The third-order valence-electron chi connectivity index (χ3n) is 3.15. The number of nitrogens with zero attached hydrogens (tertiary/aromatic N) is 1. The first kappa shape index (κ1) is 8.09. The summed E-state index contributed by atoms with van der Waals surface area (Å²) in [5, 5.41) is 4.18. The van der Waals surface area contributed by atoms with Crippen LogP contribution in [-0.2, 0) is 4.84 Å². The second-order valence-electron chi connectivity index (χ2n) is 4.72. The molecule has 2 heteroatoms. The molecule has 2 nitrogen and oxygen atoms in total. The van der Waals surface area contributed by atoms with E-state index < -0.39 is 0 Å². The zero-order chi connectivity index (χ0) is 8.77. The van der Waals surface area contributed by atoms with Crippen molar-refractivity contribution in [3.63, 3.8) is 0 Å². The summed E-state index contributed by atoms with van der Waals surface area (Å²) >= 11 is 0. The molecule has 0 aromatic heterocycles. The minimum Gasteiger partial charge on any atom is -0.389 e. The quantitative estimate of drug-likeness (QED) is 0.543. The number of hydrogen-bond acceptors (Lipinski definition) is 2. The van der Waals surface area contributed by atoms with E-state index in [0.29, 0.717) is 5.92 Å². The summed E-state index contributed by atoms with van der Waals surface area (Å²) in [6.07, 6.45) is 3.73. The van der Waals surface area contributed by atoms with E-state index in [0.717, 1.165) is 12.3 Å². The van der Waals surface area contributed by atoms with E-state index in [4.69, 9.17) is 4.84 Å². The molecule has 1 fully saturated rings. The summed E-state index contributed by atoms with van der Waals surface area (Å²) in [5.41, 5.74) is 1.27. The van der Waals surface area contributed by atoms with Crippen molar-refractivity contribution in [1.82, 2.24) is 0 Å². The van der Waals surface area contributed by atoms with Crippen LogP contribution in [0.25, 0.3) is 0 Å². The highest BCUT2D eigenvalue weighted by molar-refractivity contribution is 5.89. The van der Waals surface area contributed by atoms with Crippen LogP contribution in [0.4, 0.5) is 0 Å². The Morgan fingerprint density at radius 2 is 2.17 bits per heavy atom. The minimum absolute atomic E-state index is 0.0323. The predicted molar refractivity (Wildman–Crippen MR) is 49.1 cm³/mol. The van der Waals surface area contributed by atoms with Crippen LogP contribution < -0.4 is 0 Å². The topological polar surface area (TPSA) is 21.6 Å². The predicted octanol–water partition coefficient (Wildman–Crippen LogP) is 2.59. The Morgan fingerprint density at radius 3 is 2.92 bits per heavy atom. The maximum absolute atomic E-state index is 5.42. The van der Waals surface area contributed by atoms with Crippen molar-refractivity contribution in [2.45, 2.75) is 45.6 Å². The van der Waals surface area contributed by atoms with Gasteiger partial charge in [0, 0.05) is 5.92 Å². The van der Waals surface area contributed by atoms with Crippen molar-refractivity contribution in [1.29, 1.82) is 0 Å². The van der Waals surface area contributed by atoms with Crippen LogP contribution >= 0.6 is 0 Å². The van der Waals surface area contributed by atoms with E-state index in [-0.39, 0.29) is 5.60 Å². The van der Waals surface area contributed by atoms with Crippen molar-refractivity contribution in [3.05, 3.63) is 0 Å². The SMILES string of the molecule is CC1CCC2C(=NOC2(C)C)C1. The Morgan fingerprint density at radius 1 is 1.42 bits per heavy atom. The first-order valence-electron chi connectivity index (χ1n) is 4.84. The monoisotopic (exact) mass is 167 g/mol. The number of fused-ring (bicyclic) bond motifs is 1. The molecule has 0 amide bonds. The van der Waals surface area contributed by atoms with Crippen molar-refractivity contribution in [2.24, 2.45) is 17.0 Å². The van der Waals surface area contributed by atoms with E-state index >= 15 is 0 Å². The Labute approximate surface area is 74.0 Å².